The van der Waals surface area contributed by atoms with E-state index in [1.165, 1.54) is 9.13 Å². The molecule has 1 aromatic rings. The molecular weight excluding hydrogens is 317 g/mol. The second-order valence-electron chi connectivity index (χ2n) is 3.62. The van der Waals surface area contributed by atoms with Gasteiger partial charge in [-0.05, 0) is 52.8 Å². The van der Waals surface area contributed by atoms with E-state index in [0.29, 0.717) is 6.54 Å². The number of rotatable bonds is 6. The minimum atomic E-state index is -0.768. The van der Waals surface area contributed by atoms with Crippen LogP contribution in [0.4, 0.5) is 5.69 Å². The van der Waals surface area contributed by atoms with Crippen molar-refractivity contribution in [2.24, 2.45) is 0 Å². The number of halogens is 1. The van der Waals surface area contributed by atoms with Crippen molar-refractivity contribution in [3.05, 3.63) is 27.3 Å². The van der Waals surface area contributed by atoms with Crippen LogP contribution in [-0.4, -0.2) is 17.6 Å². The molecule has 2 N–H and O–H groups in total. The first kappa shape index (κ1) is 13.3. The maximum Gasteiger partial charge on any atom is 0.305 e. The van der Waals surface area contributed by atoms with E-state index in [-0.39, 0.29) is 6.42 Å². The third-order valence-electron chi connectivity index (χ3n) is 2.24. The number of carbonyl (C=O) groups is 1. The number of hydrogen-bond donors (Lipinski definition) is 2. The van der Waals surface area contributed by atoms with Gasteiger partial charge in [0.1, 0.15) is 0 Å². The van der Waals surface area contributed by atoms with Gasteiger partial charge in [-0.25, -0.2) is 0 Å². The van der Waals surface area contributed by atoms with Crippen LogP contribution in [0.25, 0.3) is 0 Å². The molecule has 3 nitrogen and oxygen atoms in total. The first-order valence-corrected chi connectivity index (χ1v) is 6.45. The van der Waals surface area contributed by atoms with Crippen LogP contribution in [0.2, 0.25) is 0 Å². The molecule has 1 rings (SSSR count). The van der Waals surface area contributed by atoms with Crippen LogP contribution >= 0.6 is 22.6 Å². The number of carboxylic acids is 1. The summed E-state index contributed by atoms with van der Waals surface area (Å²) in [5, 5.41) is 11.7. The lowest BCUT2D eigenvalue weighted by atomic mass is 10.1. The molecule has 0 heterocycles. The van der Waals surface area contributed by atoms with Crippen molar-refractivity contribution in [1.29, 1.82) is 0 Å². The van der Waals surface area contributed by atoms with Gasteiger partial charge in [-0.3, -0.25) is 4.79 Å². The quantitative estimate of drug-likeness (QED) is 0.787. The van der Waals surface area contributed by atoms with Crippen LogP contribution in [-0.2, 0) is 11.2 Å². The predicted molar refractivity (Wildman–Crippen MR) is 73.9 cm³/mol. The molecule has 1 aromatic carbocycles. The first-order valence-electron chi connectivity index (χ1n) is 5.37. The number of hydrogen-bond acceptors (Lipinski definition) is 2. The predicted octanol–water partition coefficient (Wildman–Crippen LogP) is 3.13. The van der Waals surface area contributed by atoms with Crippen LogP contribution in [0.15, 0.2) is 18.2 Å². The average molecular weight is 333 g/mol. The summed E-state index contributed by atoms with van der Waals surface area (Å²) in [5.74, 6) is -0.768. The van der Waals surface area contributed by atoms with E-state index in [4.69, 9.17) is 5.11 Å². The molecule has 0 aliphatic carbocycles. The Morgan fingerprint density at radius 3 is 2.88 bits per heavy atom. The molecule has 0 fully saturated rings. The second-order valence-corrected chi connectivity index (χ2v) is 4.87. The Bertz CT molecular complexity index is 366. The fourth-order valence-electron chi connectivity index (χ4n) is 1.52. The van der Waals surface area contributed by atoms with Gasteiger partial charge in [0.15, 0.2) is 0 Å². The zero-order valence-corrected chi connectivity index (χ0v) is 11.5. The molecule has 0 bridgehead atoms. The second kappa shape index (κ2) is 6.73. The molecule has 88 valence electrons. The van der Waals surface area contributed by atoms with E-state index in [1.807, 2.05) is 12.1 Å². The maximum atomic E-state index is 10.4. The van der Waals surface area contributed by atoms with Crippen molar-refractivity contribution >= 4 is 34.2 Å². The standard InChI is InChI=1S/C12H16INO2/c1-2-3-9-8-10(13)4-5-11(9)14-7-6-12(15)16/h4-5,8,14H,2-3,6-7H2,1H3,(H,15,16). The maximum absolute atomic E-state index is 10.4. The van der Waals surface area contributed by atoms with Crippen molar-refractivity contribution < 1.29 is 9.90 Å². The van der Waals surface area contributed by atoms with Crippen LogP contribution < -0.4 is 5.32 Å². The van der Waals surface area contributed by atoms with Crippen LogP contribution in [0, 0.1) is 3.57 Å². The molecule has 0 atom stereocenters. The Balaban J connectivity index is 2.66. The van der Waals surface area contributed by atoms with Crippen molar-refractivity contribution in [3.8, 4) is 0 Å². The Hall–Kier alpha value is -0.780. The summed E-state index contributed by atoms with van der Waals surface area (Å²) < 4.78 is 1.21. The van der Waals surface area contributed by atoms with E-state index >= 15 is 0 Å². The number of nitrogens with one attached hydrogen (secondary N) is 1. The van der Waals surface area contributed by atoms with Gasteiger partial charge in [0.25, 0.3) is 0 Å². The topological polar surface area (TPSA) is 49.3 Å². The summed E-state index contributed by atoms with van der Waals surface area (Å²) in [6, 6.07) is 6.20. The molecule has 0 aliphatic rings. The van der Waals surface area contributed by atoms with Gasteiger partial charge in [-0.1, -0.05) is 13.3 Å². The number of carboxylic acid groups (broad SMARTS) is 1. The van der Waals surface area contributed by atoms with Gasteiger partial charge in [0, 0.05) is 15.8 Å². The van der Waals surface area contributed by atoms with Crippen LogP contribution in [0.3, 0.4) is 0 Å². The molecule has 0 aromatic heterocycles. The number of aryl methyl sites for hydroxylation is 1. The monoisotopic (exact) mass is 333 g/mol. The highest BCUT2D eigenvalue weighted by Gasteiger charge is 2.03. The average Bonchev–Trinajstić information content (AvgIpc) is 2.21. The lowest BCUT2D eigenvalue weighted by Crippen LogP contribution is -2.09. The van der Waals surface area contributed by atoms with Gasteiger partial charge >= 0.3 is 5.97 Å². The van der Waals surface area contributed by atoms with Gasteiger partial charge in [0.2, 0.25) is 0 Å². The lowest BCUT2D eigenvalue weighted by Gasteiger charge is -2.11. The summed E-state index contributed by atoms with van der Waals surface area (Å²) in [6.45, 7) is 2.62. The van der Waals surface area contributed by atoms with E-state index in [0.717, 1.165) is 18.5 Å². The Labute approximate surface area is 109 Å². The van der Waals surface area contributed by atoms with E-state index in [1.54, 1.807) is 0 Å². The van der Waals surface area contributed by atoms with Gasteiger partial charge in [-0.15, -0.1) is 0 Å². The van der Waals surface area contributed by atoms with Crippen molar-refractivity contribution in [3.63, 3.8) is 0 Å². The minimum Gasteiger partial charge on any atom is -0.481 e. The molecule has 0 unspecified atom stereocenters. The molecule has 0 saturated carbocycles. The normalized spacial score (nSPS) is 10.1. The molecule has 0 amide bonds. The number of anilines is 1. The van der Waals surface area contributed by atoms with E-state index in [9.17, 15) is 4.79 Å². The van der Waals surface area contributed by atoms with Crippen LogP contribution in [0.5, 0.6) is 0 Å². The molecule has 0 aliphatic heterocycles. The van der Waals surface area contributed by atoms with Gasteiger partial charge in [-0.2, -0.15) is 0 Å². The molecule has 0 spiro atoms. The van der Waals surface area contributed by atoms with E-state index in [2.05, 4.69) is 40.9 Å². The first-order chi connectivity index (χ1) is 7.63. The lowest BCUT2D eigenvalue weighted by molar-refractivity contribution is -0.136. The Morgan fingerprint density at radius 2 is 2.25 bits per heavy atom. The number of benzene rings is 1. The highest BCUT2D eigenvalue weighted by molar-refractivity contribution is 14.1. The Kier molecular flexibility index (Phi) is 5.59. The summed E-state index contributed by atoms with van der Waals surface area (Å²) >= 11 is 2.29. The van der Waals surface area contributed by atoms with Crippen molar-refractivity contribution in [2.75, 3.05) is 11.9 Å². The van der Waals surface area contributed by atoms with Crippen LogP contribution in [0.1, 0.15) is 25.3 Å². The highest BCUT2D eigenvalue weighted by Crippen LogP contribution is 2.20. The minimum absolute atomic E-state index is 0.150. The Morgan fingerprint density at radius 1 is 1.50 bits per heavy atom. The fraction of sp³-hybridized carbons (Fsp3) is 0.417. The van der Waals surface area contributed by atoms with Gasteiger partial charge < -0.3 is 10.4 Å². The summed E-state index contributed by atoms with van der Waals surface area (Å²) in [6.07, 6.45) is 2.26. The van der Waals surface area contributed by atoms with Crippen molar-refractivity contribution in [1.82, 2.24) is 0 Å². The third-order valence-corrected chi connectivity index (χ3v) is 2.91. The molecule has 0 radical (unpaired) electrons. The molecule has 0 saturated heterocycles. The third kappa shape index (κ3) is 4.38. The fourth-order valence-corrected chi connectivity index (χ4v) is 2.07. The molecule has 4 heteroatoms. The summed E-state index contributed by atoms with van der Waals surface area (Å²) in [5.41, 5.74) is 2.32. The SMILES string of the molecule is CCCc1cc(I)ccc1NCCC(=O)O. The van der Waals surface area contributed by atoms with Gasteiger partial charge in [0.05, 0.1) is 6.42 Å². The molecule has 16 heavy (non-hydrogen) atoms. The zero-order chi connectivity index (χ0) is 12.0. The smallest absolute Gasteiger partial charge is 0.305 e. The number of aliphatic carboxylic acids is 1. The highest BCUT2D eigenvalue weighted by atomic mass is 127. The van der Waals surface area contributed by atoms with Crippen molar-refractivity contribution in [2.45, 2.75) is 26.2 Å². The zero-order valence-electron chi connectivity index (χ0n) is 9.29. The van der Waals surface area contributed by atoms with E-state index < -0.39 is 5.97 Å². The summed E-state index contributed by atoms with van der Waals surface area (Å²) in [7, 11) is 0. The largest absolute Gasteiger partial charge is 0.481 e. The summed E-state index contributed by atoms with van der Waals surface area (Å²) in [4.78, 5) is 10.4. The molecular formula is C12H16INO2.